The monoisotopic (exact) mass is 635 g/mol. The van der Waals surface area contributed by atoms with Gasteiger partial charge in [-0.3, -0.25) is 0 Å². The maximum absolute atomic E-state index is 10.4. The van der Waals surface area contributed by atoms with Crippen LogP contribution in [-0.2, 0) is 0 Å². The van der Waals surface area contributed by atoms with Crippen LogP contribution in [0.25, 0.3) is 77.2 Å². The molecule has 0 atom stereocenters. The Bertz CT molecular complexity index is 2960. The second-order valence-electron chi connectivity index (χ2n) is 12.3. The topological polar surface area (TPSA) is 81.2 Å². The Hall–Kier alpha value is -7.39. The van der Waals surface area contributed by atoms with Gasteiger partial charge in [-0.2, -0.15) is 15.8 Å². The molecule has 0 saturated carbocycles. The molecular formula is C45H25N5. The van der Waals surface area contributed by atoms with Crippen LogP contribution in [0.5, 0.6) is 0 Å². The number of nitriles is 3. The van der Waals surface area contributed by atoms with Crippen LogP contribution in [0.15, 0.2) is 152 Å². The second kappa shape index (κ2) is 11.4. The number of hydrogen-bond donors (Lipinski definition) is 0. The van der Waals surface area contributed by atoms with E-state index in [4.69, 9.17) is 0 Å². The van der Waals surface area contributed by atoms with Crippen molar-refractivity contribution < 1.29 is 0 Å². The molecule has 0 amide bonds. The van der Waals surface area contributed by atoms with Crippen molar-refractivity contribution in [2.45, 2.75) is 0 Å². The predicted octanol–water partition coefficient (Wildman–Crippen LogP) is 10.8. The molecule has 2 heterocycles. The lowest BCUT2D eigenvalue weighted by Gasteiger charge is -2.16. The third-order valence-corrected chi connectivity index (χ3v) is 9.63. The van der Waals surface area contributed by atoms with Crippen molar-refractivity contribution in [3.05, 3.63) is 168 Å². The Kier molecular flexibility index (Phi) is 6.56. The third kappa shape index (κ3) is 4.31. The maximum atomic E-state index is 10.4. The molecule has 0 bridgehead atoms. The molecule has 50 heavy (non-hydrogen) atoms. The Morgan fingerprint density at radius 2 is 1.02 bits per heavy atom. The molecule has 0 aliphatic rings. The molecule has 5 heteroatoms. The first-order valence-electron chi connectivity index (χ1n) is 16.3. The Morgan fingerprint density at radius 3 is 1.78 bits per heavy atom. The average molecular weight is 636 g/mol. The van der Waals surface area contributed by atoms with Crippen LogP contribution in [-0.4, -0.2) is 9.13 Å². The van der Waals surface area contributed by atoms with E-state index in [1.54, 1.807) is 0 Å². The first-order chi connectivity index (χ1) is 24.7. The normalized spacial score (nSPS) is 11.1. The molecule has 0 spiro atoms. The van der Waals surface area contributed by atoms with Crippen molar-refractivity contribution in [2.24, 2.45) is 0 Å². The molecule has 0 aliphatic heterocycles. The van der Waals surface area contributed by atoms with Crippen molar-refractivity contribution in [1.82, 2.24) is 9.13 Å². The van der Waals surface area contributed by atoms with Crippen LogP contribution in [0.2, 0.25) is 0 Å². The van der Waals surface area contributed by atoms with Gasteiger partial charge in [0.2, 0.25) is 0 Å². The van der Waals surface area contributed by atoms with Crippen LogP contribution in [0.3, 0.4) is 0 Å². The fourth-order valence-electron chi connectivity index (χ4n) is 7.43. The van der Waals surface area contributed by atoms with Crippen LogP contribution in [0.4, 0.5) is 0 Å². The summed E-state index contributed by atoms with van der Waals surface area (Å²) in [5.74, 6) is 0. The van der Waals surface area contributed by atoms with Crippen LogP contribution < -0.4 is 0 Å². The van der Waals surface area contributed by atoms with Gasteiger partial charge in [-0.1, -0.05) is 97.1 Å². The quantitative estimate of drug-likeness (QED) is 0.193. The maximum Gasteiger partial charge on any atom is 0.101 e. The zero-order valence-electron chi connectivity index (χ0n) is 26.7. The smallest absolute Gasteiger partial charge is 0.101 e. The molecule has 0 aliphatic carbocycles. The van der Waals surface area contributed by atoms with Crippen LogP contribution in [0, 0.1) is 34.0 Å². The van der Waals surface area contributed by atoms with Gasteiger partial charge in [0.25, 0.3) is 0 Å². The van der Waals surface area contributed by atoms with E-state index >= 15 is 0 Å². The molecule has 7 aromatic carbocycles. The molecule has 0 saturated heterocycles. The van der Waals surface area contributed by atoms with E-state index in [1.165, 1.54) is 0 Å². The molecule has 230 valence electrons. The van der Waals surface area contributed by atoms with Crippen molar-refractivity contribution >= 4 is 43.6 Å². The molecule has 2 aromatic heterocycles. The molecule has 9 rings (SSSR count). The summed E-state index contributed by atoms with van der Waals surface area (Å²) in [6, 6.07) is 57.9. The Morgan fingerprint density at radius 1 is 0.400 bits per heavy atom. The fourth-order valence-corrected chi connectivity index (χ4v) is 7.43. The number of para-hydroxylation sites is 4. The van der Waals surface area contributed by atoms with E-state index in [0.717, 1.165) is 77.2 Å². The van der Waals surface area contributed by atoms with Gasteiger partial charge in [-0.25, -0.2) is 0 Å². The molecule has 0 unspecified atom stereocenters. The van der Waals surface area contributed by atoms with Gasteiger partial charge in [0.05, 0.1) is 50.5 Å². The van der Waals surface area contributed by atoms with Gasteiger partial charge in [-0.15, -0.1) is 0 Å². The fraction of sp³-hybridized carbons (Fsp3) is 0. The van der Waals surface area contributed by atoms with Gasteiger partial charge < -0.3 is 9.13 Å². The zero-order valence-corrected chi connectivity index (χ0v) is 26.7. The molecule has 0 fully saturated rings. The zero-order chi connectivity index (χ0) is 33.8. The largest absolute Gasteiger partial charge is 0.308 e. The minimum atomic E-state index is 0.564. The number of rotatable bonds is 4. The minimum Gasteiger partial charge on any atom is -0.308 e. The van der Waals surface area contributed by atoms with E-state index in [0.29, 0.717) is 16.7 Å². The van der Waals surface area contributed by atoms with Crippen molar-refractivity contribution in [3.8, 4) is 51.8 Å². The molecule has 0 radical (unpaired) electrons. The first kappa shape index (κ1) is 28.8. The van der Waals surface area contributed by atoms with Gasteiger partial charge >= 0.3 is 0 Å². The standard InChI is InChI=1S/C45H25N5/c46-26-29-18-23-43-40(24-29)38-13-2-4-17-42(38)50(43)44-33(27-47)9-6-14-36(44)31-21-19-30(20-22-31)32-8-5-11-35(25-32)49-41-16-3-1-12-37(41)39-15-7-10-34(28-48)45(39)49/h1-25H. The van der Waals surface area contributed by atoms with Gasteiger partial charge in [0.15, 0.2) is 0 Å². The summed E-state index contributed by atoms with van der Waals surface area (Å²) in [7, 11) is 0. The molecule has 9 aromatic rings. The lowest BCUT2D eigenvalue weighted by atomic mass is 9.97. The summed E-state index contributed by atoms with van der Waals surface area (Å²) in [5, 5.41) is 34.2. The summed E-state index contributed by atoms with van der Waals surface area (Å²) < 4.78 is 4.34. The van der Waals surface area contributed by atoms with Crippen LogP contribution >= 0.6 is 0 Å². The number of nitrogens with zero attached hydrogens (tertiary/aromatic N) is 5. The SMILES string of the molecule is N#Cc1ccc2c(c1)c1ccccc1n2-c1c(C#N)cccc1-c1ccc(-c2cccc(-n3c4ccccc4c4cccc(C#N)c43)c2)cc1. The summed E-state index contributed by atoms with van der Waals surface area (Å²) in [5.41, 5.74) is 11.5. The van der Waals surface area contributed by atoms with Crippen LogP contribution in [0.1, 0.15) is 16.7 Å². The van der Waals surface area contributed by atoms with Gasteiger partial charge in [-0.05, 0) is 71.3 Å². The number of fused-ring (bicyclic) bond motifs is 6. The average Bonchev–Trinajstić information content (AvgIpc) is 3.70. The van der Waals surface area contributed by atoms with E-state index in [2.05, 4.69) is 112 Å². The molecule has 5 nitrogen and oxygen atoms in total. The summed E-state index contributed by atoms with van der Waals surface area (Å²) in [4.78, 5) is 0. The van der Waals surface area contributed by atoms with Crippen molar-refractivity contribution in [1.29, 1.82) is 15.8 Å². The first-order valence-corrected chi connectivity index (χ1v) is 16.3. The van der Waals surface area contributed by atoms with Gasteiger partial charge in [0, 0.05) is 32.8 Å². The third-order valence-electron chi connectivity index (χ3n) is 9.63. The van der Waals surface area contributed by atoms with E-state index in [1.807, 2.05) is 66.7 Å². The lowest BCUT2D eigenvalue weighted by Crippen LogP contribution is -2.01. The number of hydrogen-bond acceptors (Lipinski definition) is 3. The number of benzene rings is 7. The highest BCUT2D eigenvalue weighted by molar-refractivity contribution is 6.12. The summed E-state index contributed by atoms with van der Waals surface area (Å²) in [6.45, 7) is 0. The number of aromatic nitrogens is 2. The van der Waals surface area contributed by atoms with E-state index in [9.17, 15) is 15.8 Å². The highest BCUT2D eigenvalue weighted by atomic mass is 15.0. The summed E-state index contributed by atoms with van der Waals surface area (Å²) >= 11 is 0. The second-order valence-corrected chi connectivity index (χ2v) is 12.3. The lowest BCUT2D eigenvalue weighted by molar-refractivity contribution is 1.17. The molecular weight excluding hydrogens is 611 g/mol. The van der Waals surface area contributed by atoms with Crippen molar-refractivity contribution in [2.75, 3.05) is 0 Å². The van der Waals surface area contributed by atoms with Gasteiger partial charge in [0.1, 0.15) is 12.1 Å². The highest BCUT2D eigenvalue weighted by Gasteiger charge is 2.20. The van der Waals surface area contributed by atoms with E-state index in [-0.39, 0.29) is 0 Å². The predicted molar refractivity (Wildman–Crippen MR) is 200 cm³/mol. The van der Waals surface area contributed by atoms with E-state index < -0.39 is 0 Å². The van der Waals surface area contributed by atoms with Crippen molar-refractivity contribution in [3.63, 3.8) is 0 Å². The molecule has 0 N–H and O–H groups in total. The Labute approximate surface area is 287 Å². The minimum absolute atomic E-state index is 0.564. The summed E-state index contributed by atoms with van der Waals surface area (Å²) in [6.07, 6.45) is 0. The highest BCUT2D eigenvalue weighted by Crippen LogP contribution is 2.39. The Balaban J connectivity index is 1.18.